The van der Waals surface area contributed by atoms with Crippen molar-refractivity contribution in [3.63, 3.8) is 0 Å². The van der Waals surface area contributed by atoms with Crippen LogP contribution >= 0.6 is 0 Å². The van der Waals surface area contributed by atoms with Crippen LogP contribution < -0.4 is 5.32 Å². The number of hydrogen-bond acceptors (Lipinski definition) is 17. The van der Waals surface area contributed by atoms with E-state index in [1.165, 1.54) is 6.92 Å². The fraction of sp³-hybridized carbons (Fsp3) is 0.885. The van der Waals surface area contributed by atoms with E-state index in [4.69, 9.17) is 23.7 Å². The lowest BCUT2D eigenvalue weighted by atomic mass is 9.89. The van der Waals surface area contributed by atoms with Gasteiger partial charge in [0.25, 0.3) is 5.79 Å². The molecule has 15 atom stereocenters. The Labute approximate surface area is 256 Å². The van der Waals surface area contributed by atoms with E-state index < -0.39 is 136 Å². The van der Waals surface area contributed by atoms with E-state index in [1.807, 2.05) is 0 Å². The first-order chi connectivity index (χ1) is 21.1. The van der Waals surface area contributed by atoms with Gasteiger partial charge in [0.15, 0.2) is 6.29 Å². The number of ether oxygens (including phenoxy) is 5. The number of carboxylic acids is 1. The van der Waals surface area contributed by atoms with E-state index in [2.05, 4.69) is 5.32 Å². The number of rotatable bonds is 13. The molecule has 3 saturated heterocycles. The van der Waals surface area contributed by atoms with Crippen LogP contribution in [0.5, 0.6) is 0 Å². The van der Waals surface area contributed by atoms with Gasteiger partial charge in [-0.15, -0.1) is 0 Å². The maximum absolute atomic E-state index is 12.6. The molecule has 0 unspecified atom stereocenters. The average molecular weight is 658 g/mol. The van der Waals surface area contributed by atoms with Crippen molar-refractivity contribution in [3.8, 4) is 0 Å². The molecule has 0 radical (unpaired) electrons. The molecule has 11 N–H and O–H groups in total. The number of carbonyl (C=O) groups is 3. The van der Waals surface area contributed by atoms with Gasteiger partial charge in [0.2, 0.25) is 5.91 Å². The highest BCUT2D eigenvalue weighted by Gasteiger charge is 2.59. The molecule has 19 heteroatoms. The molecule has 3 heterocycles. The lowest BCUT2D eigenvalue weighted by Crippen LogP contribution is -2.69. The van der Waals surface area contributed by atoms with Crippen LogP contribution in [0.3, 0.4) is 0 Å². The van der Waals surface area contributed by atoms with Crippen LogP contribution in [-0.4, -0.2) is 180 Å². The van der Waals surface area contributed by atoms with Crippen molar-refractivity contribution >= 4 is 17.7 Å². The molecule has 3 rings (SSSR count). The maximum Gasteiger partial charge on any atom is 0.364 e. The fourth-order valence-electron chi connectivity index (χ4n) is 5.70. The number of aliphatic carboxylic acids is 1. The van der Waals surface area contributed by atoms with E-state index in [-0.39, 0.29) is 12.2 Å². The Kier molecular flexibility index (Phi) is 13.1. The van der Waals surface area contributed by atoms with E-state index in [1.54, 1.807) is 0 Å². The number of ketones is 1. The highest BCUT2D eigenvalue weighted by atomic mass is 16.8. The number of nitrogens with one attached hydrogen (secondary N) is 1. The topological polar surface area (TPSA) is 312 Å². The van der Waals surface area contributed by atoms with Crippen molar-refractivity contribution in [1.29, 1.82) is 0 Å². The number of hydrogen-bond donors (Lipinski definition) is 11. The first-order valence-corrected chi connectivity index (χ1v) is 14.3. The summed E-state index contributed by atoms with van der Waals surface area (Å²) in [6, 6.07) is -1.27. The first kappa shape index (κ1) is 37.5. The second-order valence-electron chi connectivity index (χ2n) is 11.5. The normalized spacial score (nSPS) is 43.0. The summed E-state index contributed by atoms with van der Waals surface area (Å²) in [7, 11) is 0. The standard InChI is InChI=1S/C26H43NO18/c1-9(31)3-14-18(35)20(37)22(16(8-30)41-14)43-24-21(38)23(19(36)15(7-29)42-24)45-26(25(39)40)5-12(34)17(27-10(2)32)13(44-26)4-11(33)6-28/h11-24,28-30,33-38H,3-8H2,1-2H3,(H,27,32)(H,39,40)/t11-,12-,13-,14-,15+,16+,17+,18-,19-,20+,21+,22+,23-,24-,26-/m0/s1. The molecule has 1 amide bonds. The van der Waals surface area contributed by atoms with Gasteiger partial charge in [0.05, 0.1) is 50.3 Å². The van der Waals surface area contributed by atoms with Crippen LogP contribution in [0.4, 0.5) is 0 Å². The monoisotopic (exact) mass is 657 g/mol. The first-order valence-electron chi connectivity index (χ1n) is 14.3. The minimum absolute atomic E-state index is 0.305. The fourth-order valence-corrected chi connectivity index (χ4v) is 5.70. The Morgan fingerprint density at radius 3 is 2.04 bits per heavy atom. The van der Waals surface area contributed by atoms with Crippen molar-refractivity contribution in [3.05, 3.63) is 0 Å². The van der Waals surface area contributed by atoms with E-state index in [9.17, 15) is 65.4 Å². The maximum atomic E-state index is 12.6. The highest BCUT2D eigenvalue weighted by Crippen LogP contribution is 2.38. The van der Waals surface area contributed by atoms with Crippen LogP contribution in [0, 0.1) is 0 Å². The molecule has 260 valence electrons. The number of carboxylic acid groups (broad SMARTS) is 1. The molecule has 0 spiro atoms. The van der Waals surface area contributed by atoms with Gasteiger partial charge in [-0.25, -0.2) is 4.79 Å². The van der Waals surface area contributed by atoms with Crippen molar-refractivity contribution in [1.82, 2.24) is 5.32 Å². The SMILES string of the molecule is CC(=O)C[C@@H]1O[C@H](CO)[C@@H](O[C@@H]2O[C@H](CO)[C@H](O)[C@H](O[C@]3(C(=O)O)C[C@H](O)[C@@H](NC(C)=O)[C@H](C[C@H](O)CO)O3)[C@H]2O)[C@H](O)[C@H]1O. The molecular weight excluding hydrogens is 614 g/mol. The summed E-state index contributed by atoms with van der Waals surface area (Å²) in [6.07, 6.45) is -23.6. The van der Waals surface area contributed by atoms with Gasteiger partial charge in [0.1, 0.15) is 54.6 Å². The van der Waals surface area contributed by atoms with Gasteiger partial charge in [-0.1, -0.05) is 0 Å². The van der Waals surface area contributed by atoms with E-state index >= 15 is 0 Å². The molecule has 0 aliphatic carbocycles. The van der Waals surface area contributed by atoms with Crippen LogP contribution in [-0.2, 0) is 38.1 Å². The van der Waals surface area contributed by atoms with Crippen LogP contribution in [0.15, 0.2) is 0 Å². The predicted octanol–water partition coefficient (Wildman–Crippen LogP) is -6.16. The molecule has 0 aromatic carbocycles. The quantitative estimate of drug-likeness (QED) is 0.0877. The molecule has 0 saturated carbocycles. The zero-order chi connectivity index (χ0) is 33.8. The third-order valence-corrected chi connectivity index (χ3v) is 7.94. The van der Waals surface area contributed by atoms with Gasteiger partial charge in [-0.3, -0.25) is 9.59 Å². The molecule has 3 fully saturated rings. The highest BCUT2D eigenvalue weighted by molar-refractivity contribution is 5.77. The summed E-state index contributed by atoms with van der Waals surface area (Å²) in [5, 5.41) is 106. The van der Waals surface area contributed by atoms with Crippen LogP contribution in [0.2, 0.25) is 0 Å². The van der Waals surface area contributed by atoms with Crippen molar-refractivity contribution in [2.75, 3.05) is 19.8 Å². The number of aliphatic hydroxyl groups is 9. The van der Waals surface area contributed by atoms with Gasteiger partial charge in [0, 0.05) is 26.2 Å². The molecule has 0 aromatic heterocycles. The molecular formula is C26H43NO18. The minimum Gasteiger partial charge on any atom is -0.477 e. The Bertz CT molecular complexity index is 1020. The summed E-state index contributed by atoms with van der Waals surface area (Å²) in [5.41, 5.74) is 0. The molecule has 45 heavy (non-hydrogen) atoms. The molecule has 0 bridgehead atoms. The number of Topliss-reactive ketones (excluding diaryl/α,β-unsaturated/α-hetero) is 1. The molecule has 3 aliphatic heterocycles. The smallest absolute Gasteiger partial charge is 0.364 e. The number of carbonyl (C=O) groups excluding carboxylic acids is 2. The summed E-state index contributed by atoms with van der Waals surface area (Å²) in [6.45, 7) is -0.162. The zero-order valence-electron chi connectivity index (χ0n) is 24.6. The van der Waals surface area contributed by atoms with Gasteiger partial charge < -0.3 is 80.1 Å². The lowest BCUT2D eigenvalue weighted by Gasteiger charge is -2.50. The third kappa shape index (κ3) is 8.51. The Morgan fingerprint density at radius 1 is 0.867 bits per heavy atom. The van der Waals surface area contributed by atoms with E-state index in [0.29, 0.717) is 0 Å². The third-order valence-electron chi connectivity index (χ3n) is 7.94. The van der Waals surface area contributed by atoms with Gasteiger partial charge in [-0.05, 0) is 6.92 Å². The Morgan fingerprint density at radius 2 is 1.51 bits per heavy atom. The number of aliphatic hydroxyl groups excluding tert-OH is 9. The summed E-state index contributed by atoms with van der Waals surface area (Å²) in [4.78, 5) is 35.9. The molecule has 19 nitrogen and oxygen atoms in total. The van der Waals surface area contributed by atoms with Crippen LogP contribution in [0.25, 0.3) is 0 Å². The summed E-state index contributed by atoms with van der Waals surface area (Å²) in [5.74, 6) is -5.72. The Balaban J connectivity index is 1.90. The number of amides is 1. The van der Waals surface area contributed by atoms with E-state index in [0.717, 1.165) is 6.92 Å². The van der Waals surface area contributed by atoms with Crippen molar-refractivity contribution < 1.29 is 89.1 Å². The summed E-state index contributed by atoms with van der Waals surface area (Å²) < 4.78 is 27.9. The van der Waals surface area contributed by atoms with Crippen molar-refractivity contribution in [2.45, 2.75) is 124 Å². The zero-order valence-corrected chi connectivity index (χ0v) is 24.6. The lowest BCUT2D eigenvalue weighted by molar-refractivity contribution is -0.378. The van der Waals surface area contributed by atoms with Crippen LogP contribution in [0.1, 0.15) is 33.1 Å². The summed E-state index contributed by atoms with van der Waals surface area (Å²) >= 11 is 0. The average Bonchev–Trinajstić information content (AvgIpc) is 2.97. The second-order valence-corrected chi connectivity index (χ2v) is 11.5. The van der Waals surface area contributed by atoms with Gasteiger partial charge in [-0.2, -0.15) is 0 Å². The molecule has 0 aromatic rings. The largest absolute Gasteiger partial charge is 0.477 e. The predicted molar refractivity (Wildman–Crippen MR) is 142 cm³/mol. The van der Waals surface area contributed by atoms with Gasteiger partial charge >= 0.3 is 5.97 Å². The Hall–Kier alpha value is -1.95. The minimum atomic E-state index is -2.85. The van der Waals surface area contributed by atoms with Crippen molar-refractivity contribution in [2.24, 2.45) is 0 Å². The molecule has 3 aliphatic rings. The second kappa shape index (κ2) is 15.8.